The molecule has 6 heteroatoms. The molecule has 0 spiro atoms. The van der Waals surface area contributed by atoms with Crippen molar-refractivity contribution in [3.8, 4) is 0 Å². The van der Waals surface area contributed by atoms with Crippen LogP contribution in [0, 0.1) is 0 Å². The van der Waals surface area contributed by atoms with Crippen LogP contribution >= 0.6 is 0 Å². The van der Waals surface area contributed by atoms with Crippen molar-refractivity contribution >= 4 is 15.8 Å². The molecule has 1 aromatic heterocycles. The summed E-state index contributed by atoms with van der Waals surface area (Å²) in [6, 6.07) is 7.34. The zero-order valence-electron chi connectivity index (χ0n) is 11.1. The fourth-order valence-electron chi connectivity index (χ4n) is 2.48. The lowest BCUT2D eigenvalue weighted by Crippen LogP contribution is -2.20. The van der Waals surface area contributed by atoms with Crippen LogP contribution in [0.15, 0.2) is 41.6 Å². The van der Waals surface area contributed by atoms with Crippen molar-refractivity contribution in [2.24, 2.45) is 0 Å². The highest BCUT2D eigenvalue weighted by atomic mass is 32.2. The molecule has 1 unspecified atom stereocenters. The number of fused-ring (bicyclic) bond motifs is 1. The number of nitrogens with zero attached hydrogens (tertiary/aromatic N) is 2. The van der Waals surface area contributed by atoms with Gasteiger partial charge in [0.25, 0.3) is 0 Å². The highest BCUT2D eigenvalue weighted by Gasteiger charge is 2.23. The molecule has 2 aromatic rings. The SMILES string of the molecule is CS(=O)(=O)c1ccc2c(c1)CC(Nc1ncccn1)C2. The van der Waals surface area contributed by atoms with E-state index in [0.29, 0.717) is 10.8 Å². The molecule has 20 heavy (non-hydrogen) atoms. The lowest BCUT2D eigenvalue weighted by Gasteiger charge is -2.10. The Kier molecular flexibility index (Phi) is 3.17. The van der Waals surface area contributed by atoms with E-state index in [1.807, 2.05) is 6.07 Å². The maximum Gasteiger partial charge on any atom is 0.222 e. The number of rotatable bonds is 3. The number of sulfone groups is 1. The van der Waals surface area contributed by atoms with Crippen LogP contribution in [0.1, 0.15) is 11.1 Å². The first kappa shape index (κ1) is 13.1. The van der Waals surface area contributed by atoms with E-state index in [4.69, 9.17) is 0 Å². The first-order valence-electron chi connectivity index (χ1n) is 6.38. The second-order valence-corrected chi connectivity index (χ2v) is 7.04. The summed E-state index contributed by atoms with van der Waals surface area (Å²) in [5, 5.41) is 3.27. The number of hydrogen-bond acceptors (Lipinski definition) is 5. The first-order chi connectivity index (χ1) is 9.52. The Morgan fingerprint density at radius 1 is 1.15 bits per heavy atom. The first-order valence-corrected chi connectivity index (χ1v) is 8.27. The summed E-state index contributed by atoms with van der Waals surface area (Å²) in [7, 11) is -3.15. The van der Waals surface area contributed by atoms with Crippen LogP contribution in [-0.2, 0) is 22.7 Å². The lowest BCUT2D eigenvalue weighted by atomic mass is 10.1. The third-order valence-corrected chi connectivity index (χ3v) is 4.55. The summed E-state index contributed by atoms with van der Waals surface area (Å²) >= 11 is 0. The minimum absolute atomic E-state index is 0.210. The van der Waals surface area contributed by atoms with Gasteiger partial charge in [-0.15, -0.1) is 0 Å². The third kappa shape index (κ3) is 2.65. The smallest absolute Gasteiger partial charge is 0.222 e. The van der Waals surface area contributed by atoms with Crippen LogP contribution < -0.4 is 5.32 Å². The van der Waals surface area contributed by atoms with Gasteiger partial charge in [-0.05, 0) is 42.2 Å². The molecule has 0 aliphatic heterocycles. The van der Waals surface area contributed by atoms with E-state index in [-0.39, 0.29) is 6.04 Å². The molecule has 1 atom stereocenters. The molecule has 0 bridgehead atoms. The minimum atomic E-state index is -3.15. The van der Waals surface area contributed by atoms with Crippen molar-refractivity contribution in [2.75, 3.05) is 11.6 Å². The second kappa shape index (κ2) is 4.86. The highest BCUT2D eigenvalue weighted by molar-refractivity contribution is 7.90. The summed E-state index contributed by atoms with van der Waals surface area (Å²) in [5.41, 5.74) is 2.27. The van der Waals surface area contributed by atoms with Gasteiger partial charge in [0, 0.05) is 24.7 Å². The van der Waals surface area contributed by atoms with Gasteiger partial charge in [-0.25, -0.2) is 18.4 Å². The average Bonchev–Trinajstić information content (AvgIpc) is 2.80. The minimum Gasteiger partial charge on any atom is -0.351 e. The monoisotopic (exact) mass is 289 g/mol. The Labute approximate surface area is 118 Å². The van der Waals surface area contributed by atoms with E-state index < -0.39 is 9.84 Å². The van der Waals surface area contributed by atoms with Crippen molar-refractivity contribution in [1.82, 2.24) is 9.97 Å². The predicted octanol–water partition coefficient (Wildman–Crippen LogP) is 1.46. The van der Waals surface area contributed by atoms with Crippen LogP contribution in [0.5, 0.6) is 0 Å². The second-order valence-electron chi connectivity index (χ2n) is 5.02. The van der Waals surface area contributed by atoms with Crippen molar-refractivity contribution in [1.29, 1.82) is 0 Å². The Morgan fingerprint density at radius 3 is 2.55 bits per heavy atom. The number of nitrogens with one attached hydrogen (secondary N) is 1. The molecule has 0 amide bonds. The molecule has 1 N–H and O–H groups in total. The zero-order valence-corrected chi connectivity index (χ0v) is 11.9. The molecule has 0 fully saturated rings. The molecular weight excluding hydrogens is 274 g/mol. The van der Waals surface area contributed by atoms with Crippen molar-refractivity contribution in [3.05, 3.63) is 47.8 Å². The quantitative estimate of drug-likeness (QED) is 0.926. The van der Waals surface area contributed by atoms with E-state index in [1.54, 1.807) is 30.6 Å². The normalized spacial score (nSPS) is 17.8. The van der Waals surface area contributed by atoms with Crippen LogP contribution in [0.25, 0.3) is 0 Å². The van der Waals surface area contributed by atoms with Crippen molar-refractivity contribution in [2.45, 2.75) is 23.8 Å². The number of aromatic nitrogens is 2. The van der Waals surface area contributed by atoms with Gasteiger partial charge in [0.1, 0.15) is 0 Å². The molecule has 3 rings (SSSR count). The number of hydrogen-bond donors (Lipinski definition) is 1. The maximum atomic E-state index is 11.6. The van der Waals surface area contributed by atoms with E-state index in [2.05, 4.69) is 15.3 Å². The Hall–Kier alpha value is -1.95. The van der Waals surface area contributed by atoms with E-state index in [1.165, 1.54) is 11.8 Å². The fraction of sp³-hybridized carbons (Fsp3) is 0.286. The Morgan fingerprint density at radius 2 is 1.85 bits per heavy atom. The summed E-state index contributed by atoms with van der Waals surface area (Å²) in [4.78, 5) is 8.67. The van der Waals surface area contributed by atoms with Crippen LogP contribution in [0.3, 0.4) is 0 Å². The topological polar surface area (TPSA) is 72.0 Å². The third-order valence-electron chi connectivity index (χ3n) is 3.44. The van der Waals surface area contributed by atoms with Crippen LogP contribution in [0.2, 0.25) is 0 Å². The maximum absolute atomic E-state index is 11.6. The molecule has 0 radical (unpaired) electrons. The van der Waals surface area contributed by atoms with Gasteiger partial charge in [-0.2, -0.15) is 0 Å². The fourth-order valence-corrected chi connectivity index (χ4v) is 3.16. The lowest BCUT2D eigenvalue weighted by molar-refractivity contribution is 0.601. The zero-order chi connectivity index (χ0) is 14.2. The van der Waals surface area contributed by atoms with Gasteiger partial charge in [0.05, 0.1) is 4.90 Å². The molecule has 1 heterocycles. The highest BCUT2D eigenvalue weighted by Crippen LogP contribution is 2.26. The molecule has 104 valence electrons. The summed E-state index contributed by atoms with van der Waals surface area (Å²) in [6.07, 6.45) is 6.27. The van der Waals surface area contributed by atoms with Gasteiger partial charge in [-0.3, -0.25) is 0 Å². The van der Waals surface area contributed by atoms with Gasteiger partial charge < -0.3 is 5.32 Å². The van der Waals surface area contributed by atoms with Gasteiger partial charge in [0.15, 0.2) is 9.84 Å². The van der Waals surface area contributed by atoms with Crippen molar-refractivity contribution in [3.63, 3.8) is 0 Å². The van der Waals surface area contributed by atoms with Gasteiger partial charge in [0.2, 0.25) is 5.95 Å². The van der Waals surface area contributed by atoms with Crippen molar-refractivity contribution < 1.29 is 8.42 Å². The number of benzene rings is 1. The largest absolute Gasteiger partial charge is 0.351 e. The molecule has 1 aliphatic rings. The van der Waals surface area contributed by atoms with E-state index >= 15 is 0 Å². The molecule has 1 aromatic carbocycles. The summed E-state index contributed by atoms with van der Waals surface area (Å²) in [5.74, 6) is 0.605. The molecule has 1 aliphatic carbocycles. The number of anilines is 1. The Balaban J connectivity index is 1.79. The standard InChI is InChI=1S/C14H15N3O2S/c1-20(18,19)13-4-3-10-7-12(8-11(10)9-13)17-14-15-5-2-6-16-14/h2-6,9,12H,7-8H2,1H3,(H,15,16,17). The summed E-state index contributed by atoms with van der Waals surface area (Å²) in [6.45, 7) is 0. The predicted molar refractivity (Wildman–Crippen MR) is 76.4 cm³/mol. The van der Waals surface area contributed by atoms with Crippen LogP contribution in [-0.4, -0.2) is 30.7 Å². The van der Waals surface area contributed by atoms with E-state index in [0.717, 1.165) is 18.4 Å². The Bertz CT molecular complexity index is 729. The van der Waals surface area contributed by atoms with Gasteiger partial charge >= 0.3 is 0 Å². The average molecular weight is 289 g/mol. The van der Waals surface area contributed by atoms with Gasteiger partial charge in [-0.1, -0.05) is 6.07 Å². The summed E-state index contributed by atoms with van der Waals surface area (Å²) < 4.78 is 23.1. The molecule has 0 saturated heterocycles. The molecular formula is C14H15N3O2S. The van der Waals surface area contributed by atoms with Crippen LogP contribution in [0.4, 0.5) is 5.95 Å². The molecule has 5 nitrogen and oxygen atoms in total. The molecule has 0 saturated carbocycles. The van der Waals surface area contributed by atoms with E-state index in [9.17, 15) is 8.42 Å².